The Bertz CT molecular complexity index is 858. The van der Waals surface area contributed by atoms with Crippen molar-refractivity contribution in [3.8, 4) is 11.1 Å². The maximum atomic E-state index is 12.2. The topological polar surface area (TPSA) is 52.7 Å². The first-order valence-corrected chi connectivity index (χ1v) is 7.32. The van der Waals surface area contributed by atoms with Gasteiger partial charge in [-0.05, 0) is 30.0 Å². The van der Waals surface area contributed by atoms with Gasteiger partial charge in [-0.15, -0.1) is 0 Å². The molecule has 1 aliphatic rings. The lowest BCUT2D eigenvalue weighted by Gasteiger charge is -2.17. The van der Waals surface area contributed by atoms with Crippen LogP contribution < -0.4 is 5.56 Å². The first-order chi connectivity index (χ1) is 10.7. The summed E-state index contributed by atoms with van der Waals surface area (Å²) in [6, 6.07) is 10.1. The van der Waals surface area contributed by atoms with Crippen LogP contribution in [0.1, 0.15) is 18.4 Å². The highest BCUT2D eigenvalue weighted by Crippen LogP contribution is 2.48. The van der Waals surface area contributed by atoms with E-state index in [2.05, 4.69) is 22.2 Å². The van der Waals surface area contributed by atoms with Crippen molar-refractivity contribution in [3.63, 3.8) is 0 Å². The lowest BCUT2D eigenvalue weighted by Crippen LogP contribution is -2.20. The number of aromatic nitrogens is 4. The van der Waals surface area contributed by atoms with Crippen LogP contribution in [0.15, 0.2) is 60.0 Å². The van der Waals surface area contributed by atoms with Crippen molar-refractivity contribution in [1.82, 2.24) is 19.3 Å². The van der Waals surface area contributed by atoms with E-state index in [1.54, 1.807) is 13.2 Å². The Hall–Kier alpha value is -2.69. The normalized spacial score (nSPS) is 15.7. The molecular weight excluding hydrogens is 276 g/mol. The molecule has 3 aromatic rings. The van der Waals surface area contributed by atoms with E-state index in [1.165, 1.54) is 16.5 Å². The molecule has 4 rings (SSSR count). The van der Waals surface area contributed by atoms with Crippen molar-refractivity contribution >= 4 is 0 Å². The highest BCUT2D eigenvalue weighted by atomic mass is 16.1. The second-order valence-electron chi connectivity index (χ2n) is 5.78. The fourth-order valence-corrected chi connectivity index (χ4v) is 2.95. The summed E-state index contributed by atoms with van der Waals surface area (Å²) in [4.78, 5) is 16.3. The van der Waals surface area contributed by atoms with Crippen molar-refractivity contribution in [1.29, 1.82) is 0 Å². The third kappa shape index (κ3) is 1.89. The zero-order valence-electron chi connectivity index (χ0n) is 12.3. The molecule has 0 bridgehead atoms. The molecule has 0 amide bonds. The molecule has 110 valence electrons. The van der Waals surface area contributed by atoms with Gasteiger partial charge >= 0.3 is 0 Å². The van der Waals surface area contributed by atoms with Gasteiger partial charge in [0.1, 0.15) is 0 Å². The molecule has 2 heterocycles. The summed E-state index contributed by atoms with van der Waals surface area (Å²) in [6.45, 7) is 0. The number of benzene rings is 1. The number of aryl methyl sites for hydroxylation is 1. The summed E-state index contributed by atoms with van der Waals surface area (Å²) >= 11 is 0. The maximum Gasteiger partial charge on any atom is 0.260 e. The molecule has 0 atom stereocenters. The summed E-state index contributed by atoms with van der Waals surface area (Å²) in [5, 5.41) is 4.39. The molecular formula is C17H16N4O. The van der Waals surface area contributed by atoms with Crippen molar-refractivity contribution in [3.05, 3.63) is 71.2 Å². The summed E-state index contributed by atoms with van der Waals surface area (Å²) < 4.78 is 3.53. The van der Waals surface area contributed by atoms with Crippen LogP contribution in [-0.2, 0) is 12.6 Å². The Morgan fingerprint density at radius 2 is 1.95 bits per heavy atom. The summed E-state index contributed by atoms with van der Waals surface area (Å²) in [6.07, 6.45) is 9.17. The van der Waals surface area contributed by atoms with E-state index in [1.807, 2.05) is 35.3 Å². The Labute approximate surface area is 127 Å². The Morgan fingerprint density at radius 3 is 2.59 bits per heavy atom. The molecule has 22 heavy (non-hydrogen) atoms. The maximum absolute atomic E-state index is 12.2. The predicted molar refractivity (Wildman–Crippen MR) is 83.5 cm³/mol. The molecule has 2 aromatic heterocycles. The van der Waals surface area contributed by atoms with Crippen LogP contribution in [0.2, 0.25) is 0 Å². The van der Waals surface area contributed by atoms with Crippen LogP contribution in [0.4, 0.5) is 0 Å². The van der Waals surface area contributed by atoms with E-state index in [4.69, 9.17) is 0 Å². The smallest absolute Gasteiger partial charge is 0.260 e. The lowest BCUT2D eigenvalue weighted by molar-refractivity contribution is 0.507. The van der Waals surface area contributed by atoms with Crippen LogP contribution in [-0.4, -0.2) is 19.3 Å². The fraction of sp³-hybridized carbons (Fsp3) is 0.235. The molecule has 0 saturated heterocycles. The summed E-state index contributed by atoms with van der Waals surface area (Å²) in [5.74, 6) is 0. The molecule has 0 N–H and O–H groups in total. The molecule has 1 aromatic carbocycles. The number of nitrogens with zero attached hydrogens (tertiary/aromatic N) is 4. The molecule has 0 unspecified atom stereocenters. The molecule has 0 radical (unpaired) electrons. The largest absolute Gasteiger partial charge is 0.302 e. The zero-order valence-corrected chi connectivity index (χ0v) is 12.3. The van der Waals surface area contributed by atoms with E-state index in [0.717, 1.165) is 18.4 Å². The first kappa shape index (κ1) is 13.0. The van der Waals surface area contributed by atoms with Crippen molar-refractivity contribution in [2.45, 2.75) is 18.4 Å². The highest BCUT2D eigenvalue weighted by Gasteiger charge is 2.46. The third-order valence-electron chi connectivity index (χ3n) is 4.39. The SMILES string of the molecule is Cn1cncc(-c2ccc(C3(n4cccn4)CC3)cc2)c1=O. The van der Waals surface area contributed by atoms with Crippen LogP contribution >= 0.6 is 0 Å². The third-order valence-corrected chi connectivity index (χ3v) is 4.39. The first-order valence-electron chi connectivity index (χ1n) is 7.32. The number of hydrogen-bond donors (Lipinski definition) is 0. The molecule has 1 saturated carbocycles. The number of rotatable bonds is 3. The van der Waals surface area contributed by atoms with Gasteiger partial charge in [-0.1, -0.05) is 24.3 Å². The van der Waals surface area contributed by atoms with Crippen molar-refractivity contribution in [2.75, 3.05) is 0 Å². The second-order valence-corrected chi connectivity index (χ2v) is 5.78. The van der Waals surface area contributed by atoms with E-state index in [0.29, 0.717) is 5.56 Å². The van der Waals surface area contributed by atoms with Gasteiger partial charge in [0, 0.05) is 25.6 Å². The monoisotopic (exact) mass is 292 g/mol. The minimum absolute atomic E-state index is 0.00191. The van der Waals surface area contributed by atoms with E-state index >= 15 is 0 Å². The Balaban J connectivity index is 1.73. The van der Waals surface area contributed by atoms with Gasteiger partial charge < -0.3 is 4.57 Å². The highest BCUT2D eigenvalue weighted by molar-refractivity contribution is 5.62. The Kier molecular flexibility index (Phi) is 2.76. The minimum atomic E-state index is -0.0315. The molecule has 1 fully saturated rings. The van der Waals surface area contributed by atoms with Gasteiger partial charge in [0.05, 0.1) is 17.4 Å². The fourth-order valence-electron chi connectivity index (χ4n) is 2.95. The predicted octanol–water partition coefficient (Wildman–Crippen LogP) is 2.18. The molecule has 1 aliphatic carbocycles. The summed E-state index contributed by atoms with van der Waals surface area (Å²) in [7, 11) is 1.71. The van der Waals surface area contributed by atoms with Gasteiger partial charge in [-0.3, -0.25) is 9.48 Å². The minimum Gasteiger partial charge on any atom is -0.302 e. The second kappa shape index (κ2) is 4.66. The van der Waals surface area contributed by atoms with Gasteiger partial charge in [-0.2, -0.15) is 5.10 Å². The average Bonchev–Trinajstić information content (AvgIpc) is 3.17. The van der Waals surface area contributed by atoms with Crippen LogP contribution in [0.25, 0.3) is 11.1 Å². The summed E-state index contributed by atoms with van der Waals surface area (Å²) in [5.41, 5.74) is 2.73. The van der Waals surface area contributed by atoms with Crippen LogP contribution in [0, 0.1) is 0 Å². The lowest BCUT2D eigenvalue weighted by atomic mass is 10.0. The van der Waals surface area contributed by atoms with E-state index in [9.17, 15) is 4.79 Å². The Morgan fingerprint density at radius 1 is 1.18 bits per heavy atom. The van der Waals surface area contributed by atoms with E-state index in [-0.39, 0.29) is 11.1 Å². The van der Waals surface area contributed by atoms with Gasteiger partial charge in [-0.25, -0.2) is 4.98 Å². The van der Waals surface area contributed by atoms with Crippen molar-refractivity contribution < 1.29 is 0 Å². The zero-order chi connectivity index (χ0) is 15.2. The van der Waals surface area contributed by atoms with Crippen LogP contribution in [0.3, 0.4) is 0 Å². The molecule has 5 heteroatoms. The van der Waals surface area contributed by atoms with E-state index < -0.39 is 0 Å². The van der Waals surface area contributed by atoms with Gasteiger partial charge in [0.2, 0.25) is 0 Å². The standard InChI is InChI=1S/C17H16N4O/c1-20-12-18-11-15(16(20)22)13-3-5-14(6-4-13)17(7-8-17)21-10-2-9-19-21/h2-6,9-12H,7-8H2,1H3. The average molecular weight is 292 g/mol. The van der Waals surface area contributed by atoms with Crippen LogP contribution in [0.5, 0.6) is 0 Å². The molecule has 5 nitrogen and oxygen atoms in total. The van der Waals surface area contributed by atoms with Crippen molar-refractivity contribution in [2.24, 2.45) is 7.05 Å². The quantitative estimate of drug-likeness (QED) is 0.743. The molecule has 0 aliphatic heterocycles. The van der Waals surface area contributed by atoms with Gasteiger partial charge in [0.25, 0.3) is 5.56 Å². The molecule has 0 spiro atoms. The van der Waals surface area contributed by atoms with Gasteiger partial charge in [0.15, 0.2) is 0 Å². The number of hydrogen-bond acceptors (Lipinski definition) is 3.